The first-order chi connectivity index (χ1) is 7.12. The maximum atomic E-state index is 9.40. The van der Waals surface area contributed by atoms with E-state index in [1.54, 1.807) is 12.3 Å². The van der Waals surface area contributed by atoms with E-state index in [9.17, 15) is 5.26 Å². The Balaban J connectivity index is 2.40. The van der Waals surface area contributed by atoms with Gasteiger partial charge in [-0.05, 0) is 19.9 Å². The van der Waals surface area contributed by atoms with Gasteiger partial charge in [0, 0.05) is 6.21 Å². The highest BCUT2D eigenvalue weighted by atomic mass is 16.7. The molecule has 0 N–H and O–H groups in total. The highest BCUT2D eigenvalue weighted by molar-refractivity contribution is 5.74. The van der Waals surface area contributed by atoms with E-state index in [2.05, 4.69) is 11.1 Å². The van der Waals surface area contributed by atoms with Gasteiger partial charge in [0.15, 0.2) is 11.7 Å². The minimum Gasteiger partial charge on any atom is -0.348 e. The lowest BCUT2D eigenvalue weighted by Crippen LogP contribution is -2.50. The van der Waals surface area contributed by atoms with E-state index in [-0.39, 0.29) is 0 Å². The third-order valence-electron chi connectivity index (χ3n) is 3.03. The van der Waals surface area contributed by atoms with E-state index in [0.717, 1.165) is 0 Å². The fourth-order valence-corrected chi connectivity index (χ4v) is 1.95. The molecule has 2 aliphatic heterocycles. The molecule has 0 bridgehead atoms. The molecule has 4 heteroatoms. The summed E-state index contributed by atoms with van der Waals surface area (Å²) in [6.45, 7) is 4.92. The van der Waals surface area contributed by atoms with Crippen LogP contribution in [0.5, 0.6) is 0 Å². The zero-order chi connectivity index (χ0) is 10.9. The van der Waals surface area contributed by atoms with E-state index in [0.29, 0.717) is 13.2 Å². The Hall–Kier alpha value is -1.18. The van der Waals surface area contributed by atoms with Crippen molar-refractivity contribution in [2.24, 2.45) is 10.4 Å². The third-order valence-corrected chi connectivity index (χ3v) is 3.03. The van der Waals surface area contributed by atoms with Crippen LogP contribution in [0.1, 0.15) is 13.8 Å². The summed E-state index contributed by atoms with van der Waals surface area (Å²) < 4.78 is 10.9. The fraction of sp³-hybridized carbons (Fsp3) is 0.636. The van der Waals surface area contributed by atoms with Crippen molar-refractivity contribution in [3.05, 3.63) is 12.2 Å². The normalized spacial score (nSPS) is 34.2. The average Bonchev–Trinajstić information content (AvgIpc) is 2.71. The first-order valence-electron chi connectivity index (χ1n) is 5.00. The topological polar surface area (TPSA) is 54.6 Å². The van der Waals surface area contributed by atoms with Crippen LogP contribution in [0, 0.1) is 16.7 Å². The Kier molecular flexibility index (Phi) is 2.37. The Labute approximate surface area is 89.2 Å². The maximum absolute atomic E-state index is 9.40. The number of hydrogen-bond donors (Lipinski definition) is 0. The summed E-state index contributed by atoms with van der Waals surface area (Å²) in [5.74, 6) is 0. The zero-order valence-corrected chi connectivity index (χ0v) is 8.93. The molecule has 1 unspecified atom stereocenters. The van der Waals surface area contributed by atoms with Crippen molar-refractivity contribution in [3.8, 4) is 6.07 Å². The van der Waals surface area contributed by atoms with Crippen molar-refractivity contribution in [1.29, 1.82) is 5.26 Å². The Morgan fingerprint density at radius 1 is 1.40 bits per heavy atom. The van der Waals surface area contributed by atoms with Gasteiger partial charge in [-0.3, -0.25) is 4.99 Å². The van der Waals surface area contributed by atoms with Crippen LogP contribution in [0.4, 0.5) is 0 Å². The van der Waals surface area contributed by atoms with Crippen molar-refractivity contribution in [2.45, 2.75) is 25.7 Å². The van der Waals surface area contributed by atoms with Gasteiger partial charge in [-0.25, -0.2) is 0 Å². The predicted octanol–water partition coefficient (Wildman–Crippen LogP) is 1.29. The molecule has 0 aromatic heterocycles. The molecule has 15 heavy (non-hydrogen) atoms. The lowest BCUT2D eigenvalue weighted by molar-refractivity contribution is -0.112. The minimum atomic E-state index is -0.821. The van der Waals surface area contributed by atoms with Crippen LogP contribution in [0.25, 0.3) is 0 Å². The standard InChI is InChI=1S/C11H14N2O2/c1-10(2)11(8-12,4-3-5-13-10)9-14-6-7-15-9/h3-5,9H,6-7H2,1-2H3. The number of dihydropyridines is 1. The molecule has 2 aliphatic rings. The summed E-state index contributed by atoms with van der Waals surface area (Å²) in [6, 6.07) is 2.30. The number of ether oxygens (including phenoxy) is 2. The minimum absolute atomic E-state index is 0.508. The predicted molar refractivity (Wildman–Crippen MR) is 55.4 cm³/mol. The molecule has 0 radical (unpaired) electrons. The SMILES string of the molecule is CC1(C)N=CC=CC1(C#N)C1OCCO1. The van der Waals surface area contributed by atoms with Crippen LogP contribution in [0.3, 0.4) is 0 Å². The Morgan fingerprint density at radius 2 is 2.07 bits per heavy atom. The van der Waals surface area contributed by atoms with Gasteiger partial charge in [-0.15, -0.1) is 0 Å². The van der Waals surface area contributed by atoms with Crippen LogP contribution in [0.15, 0.2) is 17.1 Å². The zero-order valence-electron chi connectivity index (χ0n) is 8.93. The molecular formula is C11H14N2O2. The summed E-state index contributed by atoms with van der Waals surface area (Å²) in [5.41, 5.74) is -1.34. The number of nitriles is 1. The smallest absolute Gasteiger partial charge is 0.182 e. The first kappa shape index (κ1) is 10.3. The van der Waals surface area contributed by atoms with E-state index in [1.807, 2.05) is 19.9 Å². The van der Waals surface area contributed by atoms with E-state index < -0.39 is 17.2 Å². The number of nitrogens with zero attached hydrogens (tertiary/aromatic N) is 2. The van der Waals surface area contributed by atoms with Gasteiger partial charge in [-0.1, -0.05) is 6.08 Å². The third kappa shape index (κ3) is 1.39. The van der Waals surface area contributed by atoms with Gasteiger partial charge in [0.1, 0.15) is 0 Å². The molecule has 0 amide bonds. The van der Waals surface area contributed by atoms with E-state index in [1.165, 1.54) is 0 Å². The number of hydrogen-bond acceptors (Lipinski definition) is 4. The van der Waals surface area contributed by atoms with Gasteiger partial charge >= 0.3 is 0 Å². The molecule has 2 heterocycles. The Bertz CT molecular complexity index is 348. The maximum Gasteiger partial charge on any atom is 0.182 e. The van der Waals surface area contributed by atoms with Crippen molar-refractivity contribution < 1.29 is 9.47 Å². The molecule has 4 nitrogen and oxygen atoms in total. The van der Waals surface area contributed by atoms with Crippen LogP contribution in [0.2, 0.25) is 0 Å². The quantitative estimate of drug-likeness (QED) is 0.649. The monoisotopic (exact) mass is 206 g/mol. The average molecular weight is 206 g/mol. The molecule has 0 aliphatic carbocycles. The second-order valence-corrected chi connectivity index (χ2v) is 4.25. The fourth-order valence-electron chi connectivity index (χ4n) is 1.95. The van der Waals surface area contributed by atoms with E-state index >= 15 is 0 Å². The summed E-state index contributed by atoms with van der Waals surface area (Å²) in [5, 5.41) is 9.40. The summed E-state index contributed by atoms with van der Waals surface area (Å²) in [7, 11) is 0. The molecule has 0 spiro atoms. The van der Waals surface area contributed by atoms with Crippen molar-refractivity contribution in [3.63, 3.8) is 0 Å². The van der Waals surface area contributed by atoms with Crippen molar-refractivity contribution in [2.75, 3.05) is 13.2 Å². The van der Waals surface area contributed by atoms with Crippen LogP contribution in [-0.2, 0) is 9.47 Å². The highest BCUT2D eigenvalue weighted by Crippen LogP contribution is 2.43. The molecular weight excluding hydrogens is 192 g/mol. The number of aliphatic imine (C=N–C) groups is 1. The molecule has 80 valence electrons. The van der Waals surface area contributed by atoms with E-state index in [4.69, 9.17) is 9.47 Å². The summed E-state index contributed by atoms with van der Waals surface area (Å²) in [4.78, 5) is 4.34. The molecule has 1 saturated heterocycles. The molecule has 1 fully saturated rings. The lowest BCUT2D eigenvalue weighted by atomic mass is 9.70. The molecule has 2 rings (SSSR count). The highest BCUT2D eigenvalue weighted by Gasteiger charge is 2.53. The van der Waals surface area contributed by atoms with Gasteiger partial charge in [0.05, 0.1) is 24.8 Å². The summed E-state index contributed by atoms with van der Waals surface area (Å²) in [6.07, 6.45) is 4.81. The van der Waals surface area contributed by atoms with Crippen molar-refractivity contribution in [1.82, 2.24) is 0 Å². The number of rotatable bonds is 1. The van der Waals surface area contributed by atoms with Gasteiger partial charge in [-0.2, -0.15) is 5.26 Å². The summed E-state index contributed by atoms with van der Waals surface area (Å²) >= 11 is 0. The molecule has 0 saturated carbocycles. The second-order valence-electron chi connectivity index (χ2n) is 4.25. The number of allylic oxidation sites excluding steroid dienone is 1. The van der Waals surface area contributed by atoms with Crippen molar-refractivity contribution >= 4 is 6.21 Å². The largest absolute Gasteiger partial charge is 0.348 e. The second kappa shape index (κ2) is 3.44. The van der Waals surface area contributed by atoms with Crippen LogP contribution >= 0.6 is 0 Å². The first-order valence-corrected chi connectivity index (χ1v) is 5.00. The van der Waals surface area contributed by atoms with Gasteiger partial charge in [0.25, 0.3) is 0 Å². The van der Waals surface area contributed by atoms with Gasteiger partial charge in [0.2, 0.25) is 0 Å². The Morgan fingerprint density at radius 3 is 2.60 bits per heavy atom. The van der Waals surface area contributed by atoms with Crippen LogP contribution in [-0.4, -0.2) is 31.3 Å². The molecule has 1 atom stereocenters. The molecule has 0 aromatic rings. The molecule has 0 aromatic carbocycles. The lowest BCUT2D eigenvalue weighted by Gasteiger charge is -2.40. The van der Waals surface area contributed by atoms with Gasteiger partial charge < -0.3 is 9.47 Å². The van der Waals surface area contributed by atoms with Crippen LogP contribution < -0.4 is 0 Å².